The molecular formula is C27H31N3O4S. The second-order valence-corrected chi connectivity index (χ2v) is 10.6. The maximum absolute atomic E-state index is 13.1. The van der Waals surface area contributed by atoms with Crippen LogP contribution >= 0.6 is 0 Å². The van der Waals surface area contributed by atoms with Gasteiger partial charge in [0.15, 0.2) is 0 Å². The summed E-state index contributed by atoms with van der Waals surface area (Å²) in [7, 11) is -3.59. The summed E-state index contributed by atoms with van der Waals surface area (Å²) in [5.41, 5.74) is 4.25. The topological polar surface area (TPSA) is 87.7 Å². The number of aryl methyl sites for hydroxylation is 1. The number of ether oxygens (including phenoxy) is 1. The van der Waals surface area contributed by atoms with Crippen LogP contribution in [0.2, 0.25) is 0 Å². The first-order valence-electron chi connectivity index (χ1n) is 11.8. The molecule has 0 atom stereocenters. The molecule has 3 aromatic carbocycles. The number of carbonyl (C=O) groups excluding carboxylic acids is 1. The summed E-state index contributed by atoms with van der Waals surface area (Å²) in [6, 6.07) is 19.4. The van der Waals surface area contributed by atoms with Crippen LogP contribution in [0.1, 0.15) is 36.5 Å². The van der Waals surface area contributed by atoms with Crippen molar-refractivity contribution < 1.29 is 17.9 Å². The Labute approximate surface area is 207 Å². The standard InChI is InChI=1S/C27H31N3O4S/c1-3-4-17-34-25-11-9-23(10-12-25)28-27(31)29-24-8-7-21-15-16-30(19-22(21)18-24)35(32,33)26-13-5-20(2)6-14-26/h5-14,18H,3-4,15-17,19H2,1-2H3,(H2,28,29,31). The van der Waals surface area contributed by atoms with Crippen LogP contribution in [0, 0.1) is 6.92 Å². The maximum atomic E-state index is 13.1. The highest BCUT2D eigenvalue weighted by Crippen LogP contribution is 2.27. The lowest BCUT2D eigenvalue weighted by Crippen LogP contribution is -2.36. The Kier molecular flexibility index (Phi) is 7.73. The fourth-order valence-corrected chi connectivity index (χ4v) is 5.35. The number of sulfonamides is 1. The van der Waals surface area contributed by atoms with E-state index in [1.54, 1.807) is 36.4 Å². The van der Waals surface area contributed by atoms with Crippen LogP contribution in [0.15, 0.2) is 71.6 Å². The van der Waals surface area contributed by atoms with E-state index >= 15 is 0 Å². The molecule has 8 heteroatoms. The molecule has 0 saturated carbocycles. The number of hydrogen-bond donors (Lipinski definition) is 2. The highest BCUT2D eigenvalue weighted by Gasteiger charge is 2.28. The molecule has 2 N–H and O–H groups in total. The summed E-state index contributed by atoms with van der Waals surface area (Å²) in [4.78, 5) is 12.8. The Bertz CT molecular complexity index is 1270. The smallest absolute Gasteiger partial charge is 0.323 e. The van der Waals surface area contributed by atoms with Crippen LogP contribution in [0.25, 0.3) is 0 Å². The number of rotatable bonds is 8. The van der Waals surface area contributed by atoms with Crippen LogP contribution < -0.4 is 15.4 Å². The fourth-order valence-electron chi connectivity index (χ4n) is 3.94. The molecule has 1 aliphatic rings. The molecule has 1 aliphatic heterocycles. The van der Waals surface area contributed by atoms with Gasteiger partial charge in [-0.2, -0.15) is 4.31 Å². The average Bonchev–Trinajstić information content (AvgIpc) is 2.85. The molecule has 0 aromatic heterocycles. The zero-order valence-electron chi connectivity index (χ0n) is 20.1. The van der Waals surface area contributed by atoms with E-state index in [1.165, 1.54) is 4.31 Å². The van der Waals surface area contributed by atoms with Gasteiger partial charge in [0.2, 0.25) is 10.0 Å². The van der Waals surface area contributed by atoms with Gasteiger partial charge in [-0.25, -0.2) is 13.2 Å². The molecule has 0 radical (unpaired) electrons. The number of benzene rings is 3. The SMILES string of the molecule is CCCCOc1ccc(NC(=O)Nc2ccc3c(c2)CN(S(=O)(=O)c2ccc(C)cc2)CC3)cc1. The molecule has 0 saturated heterocycles. The minimum atomic E-state index is -3.59. The largest absolute Gasteiger partial charge is 0.494 e. The van der Waals surface area contributed by atoms with Gasteiger partial charge in [-0.05, 0) is 79.4 Å². The number of hydrogen-bond acceptors (Lipinski definition) is 4. The van der Waals surface area contributed by atoms with E-state index in [-0.39, 0.29) is 12.6 Å². The molecule has 184 valence electrons. The van der Waals surface area contributed by atoms with E-state index in [0.717, 1.165) is 35.3 Å². The first-order valence-corrected chi connectivity index (χ1v) is 13.3. The number of anilines is 2. The second-order valence-electron chi connectivity index (χ2n) is 8.69. The molecule has 0 bridgehead atoms. The molecule has 3 aromatic rings. The minimum Gasteiger partial charge on any atom is -0.494 e. The van der Waals surface area contributed by atoms with E-state index in [2.05, 4.69) is 17.6 Å². The van der Waals surface area contributed by atoms with E-state index in [1.807, 2.05) is 37.3 Å². The van der Waals surface area contributed by atoms with Crippen LogP contribution in [-0.4, -0.2) is 31.9 Å². The van der Waals surface area contributed by atoms with Gasteiger partial charge in [0.05, 0.1) is 11.5 Å². The normalized spacial score (nSPS) is 13.7. The molecule has 0 unspecified atom stereocenters. The summed E-state index contributed by atoms with van der Waals surface area (Å²) < 4.78 is 33.4. The second kappa shape index (κ2) is 10.9. The Balaban J connectivity index is 1.39. The average molecular weight is 494 g/mol. The number of fused-ring (bicyclic) bond motifs is 1. The summed E-state index contributed by atoms with van der Waals surface area (Å²) in [6.07, 6.45) is 2.70. The molecule has 1 heterocycles. The van der Waals surface area contributed by atoms with Gasteiger partial charge >= 0.3 is 6.03 Å². The lowest BCUT2D eigenvalue weighted by molar-refractivity contribution is 0.262. The van der Waals surface area contributed by atoms with Crippen molar-refractivity contribution in [1.82, 2.24) is 4.31 Å². The predicted octanol–water partition coefficient (Wildman–Crippen LogP) is 5.56. The van der Waals surface area contributed by atoms with Crippen molar-refractivity contribution >= 4 is 27.4 Å². The number of urea groups is 1. The van der Waals surface area contributed by atoms with E-state index in [0.29, 0.717) is 35.8 Å². The lowest BCUT2D eigenvalue weighted by atomic mass is 10.0. The lowest BCUT2D eigenvalue weighted by Gasteiger charge is -2.28. The molecule has 7 nitrogen and oxygen atoms in total. The van der Waals surface area contributed by atoms with Crippen molar-refractivity contribution in [1.29, 1.82) is 0 Å². The Morgan fingerprint density at radius 3 is 2.34 bits per heavy atom. The summed E-state index contributed by atoms with van der Waals surface area (Å²) in [5.74, 6) is 0.768. The quantitative estimate of drug-likeness (QED) is 0.402. The minimum absolute atomic E-state index is 0.266. The molecule has 0 spiro atoms. The van der Waals surface area contributed by atoms with Crippen molar-refractivity contribution in [3.8, 4) is 5.75 Å². The zero-order valence-corrected chi connectivity index (χ0v) is 20.9. The number of nitrogens with one attached hydrogen (secondary N) is 2. The molecular weight excluding hydrogens is 462 g/mol. The van der Waals surface area contributed by atoms with Crippen molar-refractivity contribution in [3.05, 3.63) is 83.4 Å². The Hall–Kier alpha value is -3.36. The third-order valence-corrected chi connectivity index (χ3v) is 7.84. The van der Waals surface area contributed by atoms with Crippen molar-refractivity contribution in [2.24, 2.45) is 0 Å². The molecule has 0 aliphatic carbocycles. The van der Waals surface area contributed by atoms with Gasteiger partial charge in [-0.15, -0.1) is 0 Å². The van der Waals surface area contributed by atoms with Crippen molar-refractivity contribution in [3.63, 3.8) is 0 Å². The van der Waals surface area contributed by atoms with E-state index < -0.39 is 10.0 Å². The molecule has 4 rings (SSSR count). The first kappa shape index (κ1) is 24.8. The van der Waals surface area contributed by atoms with Gasteiger partial charge < -0.3 is 15.4 Å². The van der Waals surface area contributed by atoms with E-state index in [9.17, 15) is 13.2 Å². The number of amides is 2. The van der Waals surface area contributed by atoms with Gasteiger partial charge in [0.1, 0.15) is 5.75 Å². The van der Waals surface area contributed by atoms with Gasteiger partial charge in [-0.3, -0.25) is 0 Å². The zero-order chi connectivity index (χ0) is 24.8. The number of nitrogens with zero attached hydrogens (tertiary/aromatic N) is 1. The number of carbonyl (C=O) groups is 1. The Morgan fingerprint density at radius 2 is 1.63 bits per heavy atom. The number of unbranched alkanes of at least 4 members (excludes halogenated alkanes) is 1. The third kappa shape index (κ3) is 6.21. The highest BCUT2D eigenvalue weighted by atomic mass is 32.2. The monoisotopic (exact) mass is 493 g/mol. The molecule has 2 amide bonds. The highest BCUT2D eigenvalue weighted by molar-refractivity contribution is 7.89. The summed E-state index contributed by atoms with van der Waals surface area (Å²) in [6.45, 7) is 5.40. The summed E-state index contributed by atoms with van der Waals surface area (Å²) in [5, 5.41) is 5.65. The summed E-state index contributed by atoms with van der Waals surface area (Å²) >= 11 is 0. The van der Waals surface area contributed by atoms with E-state index in [4.69, 9.17) is 4.74 Å². The Morgan fingerprint density at radius 1 is 0.943 bits per heavy atom. The van der Waals surface area contributed by atoms with Gasteiger partial charge in [0.25, 0.3) is 0 Å². The van der Waals surface area contributed by atoms with Crippen molar-refractivity contribution in [2.75, 3.05) is 23.8 Å². The van der Waals surface area contributed by atoms with Gasteiger partial charge in [-0.1, -0.05) is 37.1 Å². The fraction of sp³-hybridized carbons (Fsp3) is 0.296. The van der Waals surface area contributed by atoms with Crippen LogP contribution in [0.3, 0.4) is 0 Å². The molecule has 0 fully saturated rings. The van der Waals surface area contributed by atoms with Crippen LogP contribution in [0.5, 0.6) is 5.75 Å². The van der Waals surface area contributed by atoms with Crippen LogP contribution in [-0.2, 0) is 23.0 Å². The molecule has 35 heavy (non-hydrogen) atoms. The van der Waals surface area contributed by atoms with Gasteiger partial charge in [0, 0.05) is 24.5 Å². The maximum Gasteiger partial charge on any atom is 0.323 e. The van der Waals surface area contributed by atoms with Crippen LogP contribution in [0.4, 0.5) is 16.2 Å². The predicted molar refractivity (Wildman–Crippen MR) is 138 cm³/mol. The third-order valence-electron chi connectivity index (χ3n) is 5.98. The first-order chi connectivity index (χ1) is 16.8. The van der Waals surface area contributed by atoms with Crippen molar-refractivity contribution in [2.45, 2.75) is 44.6 Å².